The van der Waals surface area contributed by atoms with Gasteiger partial charge < -0.3 is 10.1 Å². The Bertz CT molecular complexity index is 700. The summed E-state index contributed by atoms with van der Waals surface area (Å²) in [5.41, 5.74) is 0.910. The van der Waals surface area contributed by atoms with Gasteiger partial charge in [0.25, 0.3) is 0 Å². The van der Waals surface area contributed by atoms with Crippen LogP contribution < -0.4 is 5.32 Å². The van der Waals surface area contributed by atoms with Gasteiger partial charge in [0.05, 0.1) is 18.4 Å². The molecule has 1 atom stereocenters. The Morgan fingerprint density at radius 1 is 1.29 bits per heavy atom. The second-order valence-corrected chi connectivity index (χ2v) is 7.67. The average molecular weight is 354 g/mol. The molecule has 132 valence electrons. The molecule has 1 fully saturated rings. The van der Waals surface area contributed by atoms with Gasteiger partial charge in [-0.2, -0.15) is 4.31 Å². The molecule has 0 spiro atoms. The highest BCUT2D eigenvalue weighted by Crippen LogP contribution is 2.22. The first-order chi connectivity index (χ1) is 11.3. The van der Waals surface area contributed by atoms with E-state index < -0.39 is 22.0 Å². The Morgan fingerprint density at radius 3 is 2.54 bits per heavy atom. The van der Waals surface area contributed by atoms with Gasteiger partial charge in [0.15, 0.2) is 0 Å². The van der Waals surface area contributed by atoms with Crippen molar-refractivity contribution in [2.45, 2.75) is 32.2 Å². The number of sulfonamides is 1. The van der Waals surface area contributed by atoms with Crippen LogP contribution in [0.2, 0.25) is 0 Å². The number of nitrogens with zero attached hydrogens (tertiary/aromatic N) is 1. The molecule has 7 nitrogen and oxygen atoms in total. The molecule has 1 saturated heterocycles. The number of esters is 1. The lowest BCUT2D eigenvalue weighted by Gasteiger charge is -2.21. The van der Waals surface area contributed by atoms with Crippen LogP contribution in [0.4, 0.5) is 5.69 Å². The van der Waals surface area contributed by atoms with Crippen LogP contribution in [0.3, 0.4) is 0 Å². The number of anilines is 1. The van der Waals surface area contributed by atoms with E-state index in [4.69, 9.17) is 4.74 Å². The third kappa shape index (κ3) is 4.55. The molecular weight excluding hydrogens is 332 g/mol. The topological polar surface area (TPSA) is 92.8 Å². The molecule has 1 amide bonds. The zero-order chi connectivity index (χ0) is 17.7. The summed E-state index contributed by atoms with van der Waals surface area (Å²) in [6.45, 7) is 2.63. The monoisotopic (exact) mass is 354 g/mol. The largest absolute Gasteiger partial charge is 0.462 e. The van der Waals surface area contributed by atoms with Crippen LogP contribution in [-0.4, -0.2) is 50.0 Å². The summed E-state index contributed by atoms with van der Waals surface area (Å²) < 4.78 is 29.7. The summed E-state index contributed by atoms with van der Waals surface area (Å²) in [4.78, 5) is 24.0. The van der Waals surface area contributed by atoms with Gasteiger partial charge in [0, 0.05) is 12.2 Å². The van der Waals surface area contributed by atoms with E-state index in [1.165, 1.54) is 4.31 Å². The van der Waals surface area contributed by atoms with Crippen LogP contribution in [0.1, 0.15) is 36.5 Å². The molecular formula is C16H22N2O5S. The van der Waals surface area contributed by atoms with Crippen molar-refractivity contribution in [1.82, 2.24) is 4.31 Å². The third-order valence-electron chi connectivity index (χ3n) is 3.76. The summed E-state index contributed by atoms with van der Waals surface area (Å²) in [7, 11) is -3.40. The molecule has 1 aromatic carbocycles. The van der Waals surface area contributed by atoms with Crippen LogP contribution in [0.15, 0.2) is 24.3 Å². The predicted molar refractivity (Wildman–Crippen MR) is 90.2 cm³/mol. The standard InChI is InChI=1S/C16H22N2O5S/c1-3-11-23-16(20)12-6-8-13(9-7-12)17-15(19)14-5-4-10-18(14)24(2,21)22/h6-9,14H,3-5,10-11H2,1-2H3,(H,17,19). The summed E-state index contributed by atoms with van der Waals surface area (Å²) >= 11 is 0. The molecule has 1 N–H and O–H groups in total. The second kappa shape index (κ2) is 7.76. The first-order valence-electron chi connectivity index (χ1n) is 7.88. The number of carbonyl (C=O) groups is 2. The fourth-order valence-electron chi connectivity index (χ4n) is 2.59. The molecule has 0 saturated carbocycles. The Labute approximate surface area is 142 Å². The lowest BCUT2D eigenvalue weighted by atomic mass is 10.2. The molecule has 2 rings (SSSR count). The van der Waals surface area contributed by atoms with Gasteiger partial charge in [-0.05, 0) is 43.5 Å². The highest BCUT2D eigenvalue weighted by atomic mass is 32.2. The van der Waals surface area contributed by atoms with E-state index in [9.17, 15) is 18.0 Å². The van der Waals surface area contributed by atoms with E-state index in [0.717, 1.165) is 12.7 Å². The zero-order valence-corrected chi connectivity index (χ0v) is 14.6. The summed E-state index contributed by atoms with van der Waals surface area (Å²) in [6, 6.07) is 5.64. The lowest BCUT2D eigenvalue weighted by Crippen LogP contribution is -2.42. The number of rotatable bonds is 6. The fourth-order valence-corrected chi connectivity index (χ4v) is 3.72. The van der Waals surface area contributed by atoms with E-state index in [-0.39, 0.29) is 5.91 Å². The molecule has 24 heavy (non-hydrogen) atoms. The van der Waals surface area contributed by atoms with Crippen molar-refractivity contribution in [3.8, 4) is 0 Å². The minimum absolute atomic E-state index is 0.360. The van der Waals surface area contributed by atoms with E-state index in [0.29, 0.717) is 37.2 Å². The first kappa shape index (κ1) is 18.4. The Morgan fingerprint density at radius 2 is 1.96 bits per heavy atom. The molecule has 1 aliphatic rings. The third-order valence-corrected chi connectivity index (χ3v) is 5.05. The van der Waals surface area contributed by atoms with Gasteiger partial charge in [-0.25, -0.2) is 13.2 Å². The van der Waals surface area contributed by atoms with Gasteiger partial charge in [0.2, 0.25) is 15.9 Å². The van der Waals surface area contributed by atoms with Crippen molar-refractivity contribution in [3.63, 3.8) is 0 Å². The Kier molecular flexibility index (Phi) is 5.95. The maximum absolute atomic E-state index is 12.3. The highest BCUT2D eigenvalue weighted by Gasteiger charge is 2.36. The highest BCUT2D eigenvalue weighted by molar-refractivity contribution is 7.88. The van der Waals surface area contributed by atoms with Gasteiger partial charge in [-0.1, -0.05) is 6.92 Å². The normalized spacial score (nSPS) is 18.3. The summed E-state index contributed by atoms with van der Waals surface area (Å²) in [6.07, 6.45) is 3.01. The molecule has 0 aliphatic carbocycles. The minimum Gasteiger partial charge on any atom is -0.462 e. The van der Waals surface area contributed by atoms with Crippen LogP contribution in [0.25, 0.3) is 0 Å². The van der Waals surface area contributed by atoms with Gasteiger partial charge in [0.1, 0.15) is 6.04 Å². The number of nitrogens with one attached hydrogen (secondary N) is 1. The number of hydrogen-bond donors (Lipinski definition) is 1. The smallest absolute Gasteiger partial charge is 0.338 e. The van der Waals surface area contributed by atoms with Crippen LogP contribution in [-0.2, 0) is 19.6 Å². The van der Waals surface area contributed by atoms with E-state index >= 15 is 0 Å². The van der Waals surface area contributed by atoms with E-state index in [1.807, 2.05) is 6.92 Å². The van der Waals surface area contributed by atoms with Crippen molar-refractivity contribution >= 4 is 27.6 Å². The van der Waals surface area contributed by atoms with Crippen LogP contribution in [0, 0.1) is 0 Å². The summed E-state index contributed by atoms with van der Waals surface area (Å²) in [5.74, 6) is -0.770. The molecule has 1 aromatic rings. The van der Waals surface area contributed by atoms with Crippen molar-refractivity contribution in [1.29, 1.82) is 0 Å². The molecule has 0 bridgehead atoms. The van der Waals surface area contributed by atoms with E-state index in [2.05, 4.69) is 5.32 Å². The molecule has 1 unspecified atom stereocenters. The van der Waals surface area contributed by atoms with Gasteiger partial charge in [-0.15, -0.1) is 0 Å². The zero-order valence-electron chi connectivity index (χ0n) is 13.8. The SMILES string of the molecule is CCCOC(=O)c1ccc(NC(=O)C2CCCN2S(C)(=O)=O)cc1. The van der Waals surface area contributed by atoms with Crippen molar-refractivity contribution in [2.24, 2.45) is 0 Å². The van der Waals surface area contributed by atoms with Crippen LogP contribution >= 0.6 is 0 Å². The fraction of sp³-hybridized carbons (Fsp3) is 0.500. The number of ether oxygens (including phenoxy) is 1. The lowest BCUT2D eigenvalue weighted by molar-refractivity contribution is -0.119. The number of hydrogen-bond acceptors (Lipinski definition) is 5. The predicted octanol–water partition coefficient (Wildman–Crippen LogP) is 1.62. The molecule has 0 radical (unpaired) electrons. The quantitative estimate of drug-likeness (QED) is 0.784. The maximum Gasteiger partial charge on any atom is 0.338 e. The first-order valence-corrected chi connectivity index (χ1v) is 9.72. The Balaban J connectivity index is 2.01. The molecule has 0 aromatic heterocycles. The van der Waals surface area contributed by atoms with Crippen LogP contribution in [0.5, 0.6) is 0 Å². The molecule has 8 heteroatoms. The van der Waals surface area contributed by atoms with Crippen molar-refractivity contribution < 1.29 is 22.7 Å². The average Bonchev–Trinajstić information content (AvgIpc) is 3.03. The van der Waals surface area contributed by atoms with Gasteiger partial charge >= 0.3 is 5.97 Å². The number of carbonyl (C=O) groups excluding carboxylic acids is 2. The number of benzene rings is 1. The molecule has 1 aliphatic heterocycles. The minimum atomic E-state index is -3.40. The second-order valence-electron chi connectivity index (χ2n) is 5.73. The Hall–Kier alpha value is -1.93. The number of amides is 1. The molecule has 1 heterocycles. The maximum atomic E-state index is 12.3. The van der Waals surface area contributed by atoms with Gasteiger partial charge in [-0.3, -0.25) is 4.79 Å². The van der Waals surface area contributed by atoms with E-state index in [1.54, 1.807) is 24.3 Å². The van der Waals surface area contributed by atoms with Crippen molar-refractivity contribution in [3.05, 3.63) is 29.8 Å². The van der Waals surface area contributed by atoms with Crippen molar-refractivity contribution in [2.75, 3.05) is 24.7 Å². The summed E-state index contributed by atoms with van der Waals surface area (Å²) in [5, 5.41) is 2.70.